The van der Waals surface area contributed by atoms with Crippen molar-refractivity contribution in [2.24, 2.45) is 0 Å². The van der Waals surface area contributed by atoms with Crippen LogP contribution >= 0.6 is 0 Å². The molecule has 1 saturated carbocycles. The highest BCUT2D eigenvalue weighted by Crippen LogP contribution is 2.44. The number of rotatable bonds is 2. The number of ether oxygens (including phenoxy) is 2. The summed E-state index contributed by atoms with van der Waals surface area (Å²) in [6, 6.07) is 7.85. The summed E-state index contributed by atoms with van der Waals surface area (Å²) in [4.78, 5) is 4.64. The van der Waals surface area contributed by atoms with Gasteiger partial charge in [0.1, 0.15) is 35.5 Å². The highest BCUT2D eigenvalue weighted by Gasteiger charge is 2.62. The third-order valence-electron chi connectivity index (χ3n) is 5.57. The normalized spacial score (nSPS) is 36.3. The number of nitrogens with zero attached hydrogens (tertiary/aromatic N) is 1. The van der Waals surface area contributed by atoms with E-state index in [4.69, 9.17) is 9.47 Å². The maximum absolute atomic E-state index is 10.6. The van der Waals surface area contributed by atoms with Crippen LogP contribution in [0.1, 0.15) is 18.4 Å². The standard InChI is InChI=1S/C18H20N2O5/c21-14-17(22)25-15-13(3-5-18(14,15)23)24-11-2-1-9-7-10-4-6-19-16(10)20-12(9)8-11/h1-2,7-8,13-15,17,21-23H,3-6H2,(H,19,20)/t13-,14-,15+,17?,18-/m0/s1. The second-order valence-corrected chi connectivity index (χ2v) is 7.11. The summed E-state index contributed by atoms with van der Waals surface area (Å²) in [5.41, 5.74) is 0.611. The van der Waals surface area contributed by atoms with Crippen molar-refractivity contribution in [2.75, 3.05) is 11.9 Å². The molecule has 3 heterocycles. The minimum Gasteiger partial charge on any atom is -0.488 e. The average molecular weight is 344 g/mol. The van der Waals surface area contributed by atoms with E-state index in [1.807, 2.05) is 18.2 Å². The van der Waals surface area contributed by atoms with E-state index in [0.29, 0.717) is 18.6 Å². The van der Waals surface area contributed by atoms with Gasteiger partial charge in [-0.05, 0) is 43.0 Å². The van der Waals surface area contributed by atoms with E-state index in [1.54, 1.807) is 0 Å². The third kappa shape index (κ3) is 2.23. The van der Waals surface area contributed by atoms with Gasteiger partial charge in [0.25, 0.3) is 0 Å². The molecule has 5 rings (SSSR count). The van der Waals surface area contributed by atoms with Crippen LogP contribution in [0, 0.1) is 0 Å². The van der Waals surface area contributed by atoms with Gasteiger partial charge in [0.05, 0.1) is 5.52 Å². The predicted molar refractivity (Wildman–Crippen MR) is 89.4 cm³/mol. The molecule has 0 amide bonds. The number of nitrogens with one attached hydrogen (secondary N) is 1. The first-order valence-corrected chi connectivity index (χ1v) is 8.63. The Balaban J connectivity index is 1.42. The summed E-state index contributed by atoms with van der Waals surface area (Å²) in [5.74, 6) is 1.55. The largest absolute Gasteiger partial charge is 0.488 e. The Morgan fingerprint density at radius 2 is 2.16 bits per heavy atom. The maximum Gasteiger partial charge on any atom is 0.184 e. The molecule has 2 fully saturated rings. The molecular weight excluding hydrogens is 324 g/mol. The fourth-order valence-corrected chi connectivity index (χ4v) is 4.20. The zero-order valence-electron chi connectivity index (χ0n) is 13.6. The van der Waals surface area contributed by atoms with Crippen molar-refractivity contribution in [2.45, 2.75) is 49.5 Å². The Labute approximate surface area is 144 Å². The maximum atomic E-state index is 10.6. The molecule has 1 saturated heterocycles. The summed E-state index contributed by atoms with van der Waals surface area (Å²) >= 11 is 0. The number of anilines is 1. The van der Waals surface area contributed by atoms with Crippen molar-refractivity contribution in [1.29, 1.82) is 0 Å². The monoisotopic (exact) mass is 344 g/mol. The zero-order valence-corrected chi connectivity index (χ0v) is 13.6. The van der Waals surface area contributed by atoms with Crippen molar-refractivity contribution in [3.05, 3.63) is 29.8 Å². The van der Waals surface area contributed by atoms with Crippen LogP contribution < -0.4 is 10.1 Å². The van der Waals surface area contributed by atoms with Gasteiger partial charge in [0.2, 0.25) is 0 Å². The number of benzene rings is 1. The lowest BCUT2D eigenvalue weighted by Crippen LogP contribution is -2.47. The molecule has 3 aliphatic rings. The Kier molecular flexibility index (Phi) is 3.24. The minimum absolute atomic E-state index is 0.323. The van der Waals surface area contributed by atoms with Crippen molar-refractivity contribution < 1.29 is 24.8 Å². The van der Waals surface area contributed by atoms with Gasteiger partial charge in [-0.2, -0.15) is 0 Å². The first-order chi connectivity index (χ1) is 12.0. The Morgan fingerprint density at radius 1 is 1.28 bits per heavy atom. The van der Waals surface area contributed by atoms with E-state index < -0.39 is 30.2 Å². The smallest absolute Gasteiger partial charge is 0.184 e. The molecule has 5 atom stereocenters. The van der Waals surface area contributed by atoms with Crippen molar-refractivity contribution >= 4 is 16.7 Å². The van der Waals surface area contributed by atoms with Crippen LogP contribution in [0.3, 0.4) is 0 Å². The van der Waals surface area contributed by atoms with Gasteiger partial charge in [0, 0.05) is 18.0 Å². The molecule has 132 valence electrons. The molecule has 1 unspecified atom stereocenters. The van der Waals surface area contributed by atoms with Crippen LogP contribution in [0.25, 0.3) is 10.9 Å². The van der Waals surface area contributed by atoms with E-state index in [0.717, 1.165) is 29.7 Å². The Morgan fingerprint density at radius 3 is 3.04 bits per heavy atom. The zero-order chi connectivity index (χ0) is 17.2. The quantitative estimate of drug-likeness (QED) is 0.631. The van der Waals surface area contributed by atoms with E-state index in [1.165, 1.54) is 5.56 Å². The minimum atomic E-state index is -1.45. The van der Waals surface area contributed by atoms with Gasteiger partial charge in [-0.1, -0.05) is 0 Å². The second kappa shape index (κ2) is 5.28. The summed E-state index contributed by atoms with van der Waals surface area (Å²) in [6.07, 6.45) is -2.01. The molecule has 0 spiro atoms. The summed E-state index contributed by atoms with van der Waals surface area (Å²) < 4.78 is 11.3. The van der Waals surface area contributed by atoms with Crippen LogP contribution in [-0.4, -0.2) is 57.1 Å². The first kappa shape index (κ1) is 15.3. The molecule has 25 heavy (non-hydrogen) atoms. The highest BCUT2D eigenvalue weighted by atomic mass is 16.7. The van der Waals surface area contributed by atoms with Crippen LogP contribution in [0.15, 0.2) is 24.3 Å². The van der Waals surface area contributed by atoms with Crippen LogP contribution in [0.4, 0.5) is 5.82 Å². The average Bonchev–Trinajstić information content (AvgIpc) is 3.24. The molecule has 2 aromatic rings. The Hall–Kier alpha value is -1.93. The molecule has 0 radical (unpaired) electrons. The molecule has 1 aliphatic carbocycles. The van der Waals surface area contributed by atoms with E-state index in [9.17, 15) is 15.3 Å². The molecule has 7 nitrogen and oxygen atoms in total. The first-order valence-electron chi connectivity index (χ1n) is 8.63. The molecule has 4 N–H and O–H groups in total. The number of fused-ring (bicyclic) bond motifs is 3. The number of aliphatic hydroxyl groups excluding tert-OH is 2. The summed E-state index contributed by atoms with van der Waals surface area (Å²) in [6.45, 7) is 0.909. The van der Waals surface area contributed by atoms with Crippen LogP contribution in [0.5, 0.6) is 5.75 Å². The molecular formula is C18H20N2O5. The molecule has 1 aromatic carbocycles. The summed E-state index contributed by atoms with van der Waals surface area (Å²) in [5, 5.41) is 34.5. The lowest BCUT2D eigenvalue weighted by atomic mass is 9.95. The van der Waals surface area contributed by atoms with Crippen LogP contribution in [-0.2, 0) is 11.2 Å². The van der Waals surface area contributed by atoms with Gasteiger partial charge >= 0.3 is 0 Å². The van der Waals surface area contributed by atoms with Crippen molar-refractivity contribution in [3.63, 3.8) is 0 Å². The van der Waals surface area contributed by atoms with Crippen LogP contribution in [0.2, 0.25) is 0 Å². The van der Waals surface area contributed by atoms with Gasteiger partial charge in [-0.25, -0.2) is 4.98 Å². The Bertz CT molecular complexity index is 844. The molecule has 2 aliphatic heterocycles. The van der Waals surface area contributed by atoms with Crippen molar-refractivity contribution in [1.82, 2.24) is 4.98 Å². The number of aliphatic hydroxyl groups is 3. The highest BCUT2D eigenvalue weighted by molar-refractivity contribution is 5.83. The second-order valence-electron chi connectivity index (χ2n) is 7.11. The lowest BCUT2D eigenvalue weighted by molar-refractivity contribution is -0.142. The predicted octanol–water partition coefficient (Wildman–Crippen LogP) is 0.553. The van der Waals surface area contributed by atoms with Gasteiger partial charge in [-0.3, -0.25) is 0 Å². The number of hydrogen-bond acceptors (Lipinski definition) is 7. The lowest BCUT2D eigenvalue weighted by Gasteiger charge is -2.25. The van der Waals surface area contributed by atoms with E-state index in [-0.39, 0.29) is 0 Å². The van der Waals surface area contributed by atoms with Crippen molar-refractivity contribution in [3.8, 4) is 5.75 Å². The number of pyridine rings is 1. The summed E-state index contributed by atoms with van der Waals surface area (Å²) in [7, 11) is 0. The van der Waals surface area contributed by atoms with Gasteiger partial charge < -0.3 is 30.1 Å². The fourth-order valence-electron chi connectivity index (χ4n) is 4.20. The SMILES string of the molecule is OC1O[C@@H]2[C@@H](Oc3ccc4cc5c(nc4c3)NCC5)CC[C@]2(O)[C@H]1O. The third-order valence-corrected chi connectivity index (χ3v) is 5.57. The molecule has 1 aromatic heterocycles. The number of hydrogen-bond donors (Lipinski definition) is 4. The fraction of sp³-hybridized carbons (Fsp3) is 0.500. The molecule has 7 heteroatoms. The molecule has 0 bridgehead atoms. The van der Waals surface area contributed by atoms with E-state index in [2.05, 4.69) is 16.4 Å². The topological polar surface area (TPSA) is 104 Å². The van der Waals surface area contributed by atoms with E-state index >= 15 is 0 Å². The number of aromatic nitrogens is 1. The van der Waals surface area contributed by atoms with Gasteiger partial charge in [-0.15, -0.1) is 0 Å². The van der Waals surface area contributed by atoms with Gasteiger partial charge in [0.15, 0.2) is 6.29 Å².